The smallest absolute Gasteiger partial charge is 0.267 e. The molecule has 6 heteroatoms. The lowest BCUT2D eigenvalue weighted by atomic mass is 10.2. The molecule has 0 unspecified atom stereocenters. The second kappa shape index (κ2) is 6.41. The molecule has 0 saturated carbocycles. The maximum Gasteiger partial charge on any atom is 0.271 e. The number of amides is 2. The van der Waals surface area contributed by atoms with Crippen LogP contribution in [0.5, 0.6) is 0 Å². The number of benzene rings is 2. The van der Waals surface area contributed by atoms with Crippen LogP contribution in [0.4, 0.5) is 0 Å². The van der Waals surface area contributed by atoms with Gasteiger partial charge >= 0.3 is 0 Å². The first kappa shape index (κ1) is 14.4. The average molecular weight is 309 g/mol. The summed E-state index contributed by atoms with van der Waals surface area (Å²) in [5, 5.41) is 0.634. The third-order valence-corrected chi connectivity index (χ3v) is 3.06. The minimum atomic E-state index is -0.540. The average Bonchev–Trinajstić information content (AvgIpc) is 2.47. The highest BCUT2D eigenvalue weighted by Gasteiger charge is 2.12. The van der Waals surface area contributed by atoms with Gasteiger partial charge in [-0.3, -0.25) is 20.4 Å². The van der Waals surface area contributed by atoms with Crippen molar-refractivity contribution in [2.45, 2.75) is 0 Å². The molecule has 0 aliphatic heterocycles. The second-order valence-electron chi connectivity index (χ2n) is 3.90. The molecule has 2 rings (SSSR count). The molecule has 102 valence electrons. The molecule has 2 amide bonds. The van der Waals surface area contributed by atoms with Crippen molar-refractivity contribution in [3.8, 4) is 0 Å². The Balaban J connectivity index is 2.02. The van der Waals surface area contributed by atoms with Gasteiger partial charge in [-0.2, -0.15) is 0 Å². The molecule has 0 aromatic heterocycles. The van der Waals surface area contributed by atoms with Crippen LogP contribution in [0.15, 0.2) is 48.5 Å². The van der Waals surface area contributed by atoms with Crippen molar-refractivity contribution >= 4 is 35.0 Å². The lowest BCUT2D eigenvalue weighted by molar-refractivity contribution is 0.0847. The fourth-order valence-electron chi connectivity index (χ4n) is 1.51. The van der Waals surface area contributed by atoms with E-state index in [4.69, 9.17) is 23.2 Å². The first-order valence-corrected chi connectivity index (χ1v) is 6.44. The lowest BCUT2D eigenvalue weighted by Crippen LogP contribution is -2.41. The van der Waals surface area contributed by atoms with E-state index >= 15 is 0 Å². The molecule has 4 nitrogen and oxygen atoms in total. The summed E-state index contributed by atoms with van der Waals surface area (Å²) in [4.78, 5) is 23.6. The van der Waals surface area contributed by atoms with Crippen molar-refractivity contribution in [3.63, 3.8) is 0 Å². The van der Waals surface area contributed by atoms with E-state index in [1.807, 2.05) is 0 Å². The van der Waals surface area contributed by atoms with Crippen molar-refractivity contribution in [1.82, 2.24) is 10.9 Å². The molecule has 0 aliphatic rings. The predicted molar refractivity (Wildman–Crippen MR) is 77.8 cm³/mol. The van der Waals surface area contributed by atoms with Gasteiger partial charge in [0.05, 0.1) is 10.6 Å². The third kappa shape index (κ3) is 3.50. The quantitative estimate of drug-likeness (QED) is 0.838. The molecule has 0 atom stereocenters. The Hall–Kier alpha value is -2.04. The first-order valence-electron chi connectivity index (χ1n) is 5.68. The molecular weight excluding hydrogens is 299 g/mol. The van der Waals surface area contributed by atoms with Crippen LogP contribution in [-0.4, -0.2) is 11.8 Å². The predicted octanol–water partition coefficient (Wildman–Crippen LogP) is 3.07. The van der Waals surface area contributed by atoms with E-state index in [1.54, 1.807) is 36.4 Å². The number of halogens is 2. The molecule has 20 heavy (non-hydrogen) atoms. The summed E-state index contributed by atoms with van der Waals surface area (Å²) < 4.78 is 0. The van der Waals surface area contributed by atoms with Crippen molar-refractivity contribution in [3.05, 3.63) is 69.7 Å². The fraction of sp³-hybridized carbons (Fsp3) is 0. The normalized spacial score (nSPS) is 9.90. The van der Waals surface area contributed by atoms with Gasteiger partial charge in [-0.05, 0) is 30.3 Å². The van der Waals surface area contributed by atoms with E-state index < -0.39 is 11.8 Å². The number of hydrazine groups is 1. The van der Waals surface area contributed by atoms with Crippen LogP contribution in [0.2, 0.25) is 10.0 Å². The number of hydrogen-bond donors (Lipinski definition) is 2. The monoisotopic (exact) mass is 308 g/mol. The molecule has 2 aromatic rings. The molecule has 0 fully saturated rings. The van der Waals surface area contributed by atoms with Gasteiger partial charge in [0.2, 0.25) is 0 Å². The highest BCUT2D eigenvalue weighted by molar-refractivity contribution is 6.35. The Bertz CT molecular complexity index is 645. The highest BCUT2D eigenvalue weighted by Crippen LogP contribution is 2.20. The van der Waals surface area contributed by atoms with E-state index in [0.29, 0.717) is 10.6 Å². The summed E-state index contributed by atoms with van der Waals surface area (Å²) in [6.45, 7) is 0. The van der Waals surface area contributed by atoms with E-state index in [-0.39, 0.29) is 10.6 Å². The molecule has 0 spiro atoms. The van der Waals surface area contributed by atoms with E-state index in [0.717, 1.165) is 0 Å². The Kier molecular flexibility index (Phi) is 4.61. The van der Waals surface area contributed by atoms with Gasteiger partial charge in [0.15, 0.2) is 0 Å². The van der Waals surface area contributed by atoms with E-state index in [2.05, 4.69) is 10.9 Å². The van der Waals surface area contributed by atoms with Gasteiger partial charge in [-0.1, -0.05) is 41.4 Å². The van der Waals surface area contributed by atoms with Crippen LogP contribution in [0, 0.1) is 0 Å². The van der Waals surface area contributed by atoms with E-state index in [1.165, 1.54) is 12.1 Å². The lowest BCUT2D eigenvalue weighted by Gasteiger charge is -2.08. The summed E-state index contributed by atoms with van der Waals surface area (Å²) in [7, 11) is 0. The number of hydrogen-bond acceptors (Lipinski definition) is 2. The highest BCUT2D eigenvalue weighted by atomic mass is 35.5. The molecule has 2 aromatic carbocycles. The summed E-state index contributed by atoms with van der Waals surface area (Å²) in [5.41, 5.74) is 5.21. The molecule has 0 heterocycles. The first-order chi connectivity index (χ1) is 9.58. The van der Waals surface area contributed by atoms with Gasteiger partial charge < -0.3 is 0 Å². The third-order valence-electron chi connectivity index (χ3n) is 2.50. The van der Waals surface area contributed by atoms with Crippen LogP contribution in [0.25, 0.3) is 0 Å². The van der Waals surface area contributed by atoms with Crippen LogP contribution < -0.4 is 10.9 Å². The maximum absolute atomic E-state index is 11.9. The van der Waals surface area contributed by atoms with Gasteiger partial charge in [-0.25, -0.2) is 0 Å². The minimum Gasteiger partial charge on any atom is -0.267 e. The van der Waals surface area contributed by atoms with Gasteiger partial charge in [0, 0.05) is 10.6 Å². The zero-order valence-corrected chi connectivity index (χ0v) is 11.7. The standard InChI is InChI=1S/C14H10Cl2N2O2/c15-10-6-7-12(16)11(8-10)14(20)18-17-13(19)9-4-2-1-3-5-9/h1-8H,(H,17,19)(H,18,20). The number of carbonyl (C=O) groups excluding carboxylic acids is 2. The van der Waals surface area contributed by atoms with Crippen molar-refractivity contribution in [2.24, 2.45) is 0 Å². The largest absolute Gasteiger partial charge is 0.271 e. The number of carbonyl (C=O) groups is 2. The summed E-state index contributed by atoms with van der Waals surface area (Å²) in [6, 6.07) is 13.0. The molecule has 2 N–H and O–H groups in total. The van der Waals surface area contributed by atoms with Crippen molar-refractivity contribution in [2.75, 3.05) is 0 Å². The van der Waals surface area contributed by atoms with Gasteiger partial charge in [-0.15, -0.1) is 0 Å². The maximum atomic E-state index is 11.9. The zero-order valence-electron chi connectivity index (χ0n) is 10.2. The SMILES string of the molecule is O=C(NNC(=O)c1cc(Cl)ccc1Cl)c1ccccc1. The van der Waals surface area contributed by atoms with Crippen LogP contribution in [-0.2, 0) is 0 Å². The Morgan fingerprint density at radius 1 is 0.850 bits per heavy atom. The Labute approximate surface area is 125 Å². The van der Waals surface area contributed by atoms with Gasteiger partial charge in [0.1, 0.15) is 0 Å². The molecular formula is C14H10Cl2N2O2. The topological polar surface area (TPSA) is 58.2 Å². The van der Waals surface area contributed by atoms with Gasteiger partial charge in [0.25, 0.3) is 11.8 Å². The molecule has 0 saturated heterocycles. The summed E-state index contributed by atoms with van der Waals surface area (Å²) >= 11 is 11.7. The summed E-state index contributed by atoms with van der Waals surface area (Å²) in [6.07, 6.45) is 0. The molecule has 0 bridgehead atoms. The van der Waals surface area contributed by atoms with Crippen LogP contribution >= 0.6 is 23.2 Å². The molecule has 0 radical (unpaired) electrons. The Morgan fingerprint density at radius 2 is 1.50 bits per heavy atom. The Morgan fingerprint density at radius 3 is 2.20 bits per heavy atom. The van der Waals surface area contributed by atoms with Crippen LogP contribution in [0.3, 0.4) is 0 Å². The molecule has 0 aliphatic carbocycles. The van der Waals surface area contributed by atoms with Crippen LogP contribution in [0.1, 0.15) is 20.7 Å². The van der Waals surface area contributed by atoms with Crippen molar-refractivity contribution < 1.29 is 9.59 Å². The number of nitrogens with one attached hydrogen (secondary N) is 2. The number of rotatable bonds is 2. The zero-order chi connectivity index (χ0) is 14.5. The van der Waals surface area contributed by atoms with E-state index in [9.17, 15) is 9.59 Å². The fourth-order valence-corrected chi connectivity index (χ4v) is 1.89. The summed E-state index contributed by atoms with van der Waals surface area (Å²) in [5.74, 6) is -0.959. The second-order valence-corrected chi connectivity index (χ2v) is 4.74. The minimum absolute atomic E-state index is 0.188. The van der Waals surface area contributed by atoms with Crippen molar-refractivity contribution in [1.29, 1.82) is 0 Å².